The highest BCUT2D eigenvalue weighted by Gasteiger charge is 2.37. The van der Waals surface area contributed by atoms with E-state index in [-0.39, 0.29) is 29.2 Å². The van der Waals surface area contributed by atoms with Gasteiger partial charge in [-0.15, -0.1) is 0 Å². The first-order chi connectivity index (χ1) is 17.8. The second kappa shape index (κ2) is 10.6. The monoisotopic (exact) mass is 502 g/mol. The van der Waals surface area contributed by atoms with Gasteiger partial charge in [-0.25, -0.2) is 0 Å². The van der Waals surface area contributed by atoms with Crippen LogP contribution in [0.1, 0.15) is 103 Å². The van der Waals surface area contributed by atoms with Crippen LogP contribution in [0.5, 0.6) is 11.5 Å². The Balaban J connectivity index is 1.28. The molecule has 3 aliphatic carbocycles. The molecule has 0 aromatic heterocycles. The van der Waals surface area contributed by atoms with Gasteiger partial charge in [-0.2, -0.15) is 0 Å². The number of hydrogen-bond donors (Lipinski definition) is 0. The van der Waals surface area contributed by atoms with E-state index in [9.17, 15) is 9.59 Å². The molecule has 4 nitrogen and oxygen atoms in total. The van der Waals surface area contributed by atoms with Crippen LogP contribution in [0.2, 0.25) is 0 Å². The van der Waals surface area contributed by atoms with Crippen LogP contribution in [0.15, 0.2) is 36.4 Å². The third-order valence-corrected chi connectivity index (χ3v) is 9.57. The summed E-state index contributed by atoms with van der Waals surface area (Å²) in [6, 6.07) is 12.0. The molecule has 0 saturated heterocycles. The first-order valence-corrected chi connectivity index (χ1v) is 14.5. The predicted octanol–water partition coefficient (Wildman–Crippen LogP) is 8.24. The fraction of sp³-hybridized carbons (Fsp3) is 0.576. The Kier molecular flexibility index (Phi) is 7.47. The second-order valence-electron chi connectivity index (χ2n) is 12.1. The van der Waals surface area contributed by atoms with Crippen molar-refractivity contribution < 1.29 is 19.1 Å². The Hall–Kier alpha value is -2.62. The van der Waals surface area contributed by atoms with Gasteiger partial charge in [-0.1, -0.05) is 52.7 Å². The van der Waals surface area contributed by atoms with Crippen LogP contribution >= 0.6 is 0 Å². The Bertz CT molecular complexity index is 1060. The van der Waals surface area contributed by atoms with Crippen molar-refractivity contribution in [1.29, 1.82) is 0 Å². The van der Waals surface area contributed by atoms with Crippen LogP contribution in [0.4, 0.5) is 0 Å². The van der Waals surface area contributed by atoms with Gasteiger partial charge in [0.05, 0.1) is 11.8 Å². The summed E-state index contributed by atoms with van der Waals surface area (Å²) in [5.41, 5.74) is 4.30. The number of esters is 2. The largest absolute Gasteiger partial charge is 0.426 e. The predicted molar refractivity (Wildman–Crippen MR) is 147 cm³/mol. The maximum atomic E-state index is 12.9. The molecule has 0 amide bonds. The van der Waals surface area contributed by atoms with Crippen molar-refractivity contribution in [2.24, 2.45) is 23.7 Å². The van der Waals surface area contributed by atoms with Crippen molar-refractivity contribution in [3.05, 3.63) is 47.5 Å². The van der Waals surface area contributed by atoms with Crippen LogP contribution in [-0.2, 0) is 15.0 Å². The summed E-state index contributed by atoms with van der Waals surface area (Å²) in [4.78, 5) is 25.8. The normalized spacial score (nSPS) is 26.2. The van der Waals surface area contributed by atoms with Gasteiger partial charge in [0.25, 0.3) is 0 Å². The number of benzene rings is 2. The molecule has 0 radical (unpaired) electrons. The number of fused-ring (bicyclic) bond motifs is 3. The highest BCUT2D eigenvalue weighted by Crippen LogP contribution is 2.50. The summed E-state index contributed by atoms with van der Waals surface area (Å²) in [6.07, 6.45) is 10.6. The minimum absolute atomic E-state index is 0.00975. The molecule has 2 aromatic carbocycles. The maximum Gasteiger partial charge on any atom is 0.314 e. The van der Waals surface area contributed by atoms with Gasteiger partial charge < -0.3 is 9.47 Å². The number of rotatable bonds is 6. The standard InChI is InChI=1S/C33H42O4/c1-5-21-7-11-23(12-8-21)31(34)36-25-15-17-27-28-18-16-26(20-30(28)33(3,4)29(27)19-25)37-32(35)24-13-9-22(6-2)10-14-24/h15-24H,5-14H2,1-4H3. The maximum absolute atomic E-state index is 12.9. The lowest BCUT2D eigenvalue weighted by molar-refractivity contribution is -0.141. The molecule has 0 heterocycles. The molecule has 0 aliphatic heterocycles. The minimum Gasteiger partial charge on any atom is -0.426 e. The molecule has 37 heavy (non-hydrogen) atoms. The molecule has 4 heteroatoms. The lowest BCUT2D eigenvalue weighted by Crippen LogP contribution is -2.25. The SMILES string of the molecule is CCC1CCC(C(=O)Oc2ccc3c(c2)C(C)(C)c2cc(OC(=O)C4CCC(CC)CC4)ccc2-3)CC1. The smallest absolute Gasteiger partial charge is 0.314 e. The molecule has 5 rings (SSSR count). The Labute approximate surface area is 222 Å². The first kappa shape index (κ1) is 26.0. The first-order valence-electron chi connectivity index (χ1n) is 14.5. The Morgan fingerprint density at radius 2 is 1.05 bits per heavy atom. The number of hydrogen-bond acceptors (Lipinski definition) is 4. The molecule has 0 unspecified atom stereocenters. The van der Waals surface area contributed by atoms with E-state index in [4.69, 9.17) is 9.47 Å². The molecule has 0 spiro atoms. The van der Waals surface area contributed by atoms with Crippen molar-refractivity contribution in [3.63, 3.8) is 0 Å². The highest BCUT2D eigenvalue weighted by molar-refractivity contribution is 5.83. The highest BCUT2D eigenvalue weighted by atomic mass is 16.5. The summed E-state index contributed by atoms with van der Waals surface area (Å²) in [5.74, 6) is 2.58. The van der Waals surface area contributed by atoms with Crippen LogP contribution in [-0.4, -0.2) is 11.9 Å². The molecule has 198 valence electrons. The third kappa shape index (κ3) is 5.22. The van der Waals surface area contributed by atoms with Gasteiger partial charge in [0, 0.05) is 5.41 Å². The summed E-state index contributed by atoms with van der Waals surface area (Å²) in [5, 5.41) is 0. The fourth-order valence-corrected chi connectivity index (χ4v) is 6.83. The van der Waals surface area contributed by atoms with Crippen molar-refractivity contribution in [3.8, 4) is 22.6 Å². The second-order valence-corrected chi connectivity index (χ2v) is 12.1. The van der Waals surface area contributed by atoms with Gasteiger partial charge >= 0.3 is 11.9 Å². The van der Waals surface area contributed by atoms with Crippen molar-refractivity contribution in [2.75, 3.05) is 0 Å². The lowest BCUT2D eigenvalue weighted by atomic mass is 9.81. The molecule has 2 aromatic rings. The van der Waals surface area contributed by atoms with E-state index >= 15 is 0 Å². The molecule has 2 saturated carbocycles. The summed E-state index contributed by atoms with van der Waals surface area (Å²) in [6.45, 7) is 8.84. The molecule has 0 bridgehead atoms. The lowest BCUT2D eigenvalue weighted by Gasteiger charge is -2.27. The zero-order valence-electron chi connectivity index (χ0n) is 23.0. The number of carbonyl (C=O) groups is 2. The molecular weight excluding hydrogens is 460 g/mol. The van der Waals surface area contributed by atoms with Crippen LogP contribution in [0.3, 0.4) is 0 Å². The molecule has 2 fully saturated rings. The third-order valence-electron chi connectivity index (χ3n) is 9.57. The average Bonchev–Trinajstić information content (AvgIpc) is 3.14. The van der Waals surface area contributed by atoms with Crippen LogP contribution in [0.25, 0.3) is 11.1 Å². The quantitative estimate of drug-likeness (QED) is 0.295. The zero-order chi connectivity index (χ0) is 26.2. The van der Waals surface area contributed by atoms with Crippen LogP contribution < -0.4 is 9.47 Å². The van der Waals surface area contributed by atoms with E-state index in [1.807, 2.05) is 24.3 Å². The summed E-state index contributed by atoms with van der Waals surface area (Å²) >= 11 is 0. The van der Waals surface area contributed by atoms with E-state index in [2.05, 4.69) is 39.8 Å². The molecular formula is C33H42O4. The van der Waals surface area contributed by atoms with Crippen molar-refractivity contribution in [2.45, 2.75) is 97.3 Å². The Morgan fingerprint density at radius 1 is 0.676 bits per heavy atom. The molecule has 3 aliphatic rings. The van der Waals surface area contributed by atoms with Crippen LogP contribution in [0, 0.1) is 23.7 Å². The van der Waals surface area contributed by atoms with E-state index in [1.54, 1.807) is 0 Å². The molecule has 0 N–H and O–H groups in total. The van der Waals surface area contributed by atoms with E-state index in [0.29, 0.717) is 11.5 Å². The van der Waals surface area contributed by atoms with Gasteiger partial charge in [-0.05, 0) is 110 Å². The van der Waals surface area contributed by atoms with E-state index < -0.39 is 0 Å². The van der Waals surface area contributed by atoms with Gasteiger partial charge in [-0.3, -0.25) is 9.59 Å². The topological polar surface area (TPSA) is 52.6 Å². The summed E-state index contributed by atoms with van der Waals surface area (Å²) < 4.78 is 11.8. The van der Waals surface area contributed by atoms with E-state index in [0.717, 1.165) is 85.5 Å². The minimum atomic E-state index is -0.284. The van der Waals surface area contributed by atoms with Crippen molar-refractivity contribution in [1.82, 2.24) is 0 Å². The van der Waals surface area contributed by atoms with Gasteiger partial charge in [0.2, 0.25) is 0 Å². The zero-order valence-corrected chi connectivity index (χ0v) is 23.0. The fourth-order valence-electron chi connectivity index (χ4n) is 6.83. The molecule has 0 atom stereocenters. The Morgan fingerprint density at radius 3 is 1.41 bits per heavy atom. The summed E-state index contributed by atoms with van der Waals surface area (Å²) in [7, 11) is 0. The van der Waals surface area contributed by atoms with Gasteiger partial charge in [0.15, 0.2) is 0 Å². The van der Waals surface area contributed by atoms with Crippen molar-refractivity contribution >= 4 is 11.9 Å². The van der Waals surface area contributed by atoms with Gasteiger partial charge in [0.1, 0.15) is 11.5 Å². The number of ether oxygens (including phenoxy) is 2. The average molecular weight is 503 g/mol. The number of carbonyl (C=O) groups excluding carboxylic acids is 2. The van der Waals surface area contributed by atoms with E-state index in [1.165, 1.54) is 12.8 Å².